The van der Waals surface area contributed by atoms with Crippen LogP contribution in [0.3, 0.4) is 0 Å². The molecule has 1 atom stereocenters. The second kappa shape index (κ2) is 8.09. The number of benzene rings is 2. The molecule has 2 aromatic rings. The van der Waals surface area contributed by atoms with Crippen molar-refractivity contribution >= 4 is 37.5 Å². The number of carbonyl (C=O) groups is 1. The van der Waals surface area contributed by atoms with Gasteiger partial charge in [0.15, 0.2) is 5.75 Å². The third-order valence-corrected chi connectivity index (χ3v) is 6.91. The predicted molar refractivity (Wildman–Crippen MR) is 115 cm³/mol. The molecule has 1 amide bonds. The van der Waals surface area contributed by atoms with E-state index in [0.29, 0.717) is 10.0 Å². The maximum Gasteiger partial charge on any atom is 0.265 e. The number of sulfonamides is 1. The summed E-state index contributed by atoms with van der Waals surface area (Å²) in [5.74, 6) is -1.52. The van der Waals surface area contributed by atoms with Crippen molar-refractivity contribution in [3.8, 4) is 11.5 Å². The van der Waals surface area contributed by atoms with E-state index in [0.717, 1.165) is 12.8 Å². The molecule has 0 radical (unpaired) electrons. The van der Waals surface area contributed by atoms with Crippen LogP contribution >= 0.6 is 15.9 Å². The molecule has 1 aliphatic carbocycles. The first-order chi connectivity index (χ1) is 13.9. The van der Waals surface area contributed by atoms with Crippen LogP contribution in [0.1, 0.15) is 35.7 Å². The van der Waals surface area contributed by atoms with Gasteiger partial charge in [0.05, 0.1) is 16.9 Å². The van der Waals surface area contributed by atoms with E-state index in [9.17, 15) is 28.5 Å². The van der Waals surface area contributed by atoms with Crippen LogP contribution in [0.5, 0.6) is 11.5 Å². The molecule has 1 saturated carbocycles. The Kier molecular flexibility index (Phi) is 6.03. The SMILES string of the molecule is Cc1cc(NS(=O)(=O)c2cc(Br)ccc2O)c(O)c(C(=O)NCC(C)(O)C2CC2)c1. The summed E-state index contributed by atoms with van der Waals surface area (Å²) in [7, 11) is -4.25. The zero-order valence-electron chi connectivity index (χ0n) is 16.4. The van der Waals surface area contributed by atoms with E-state index < -0.39 is 33.0 Å². The highest BCUT2D eigenvalue weighted by Gasteiger charge is 2.40. The van der Waals surface area contributed by atoms with Crippen LogP contribution in [0.2, 0.25) is 0 Å². The third-order valence-electron chi connectivity index (χ3n) is 5.02. The summed E-state index contributed by atoms with van der Waals surface area (Å²) in [6.07, 6.45) is 1.79. The zero-order chi connectivity index (χ0) is 22.3. The lowest BCUT2D eigenvalue weighted by Gasteiger charge is -2.23. The summed E-state index contributed by atoms with van der Waals surface area (Å²) in [6, 6.07) is 6.72. The highest BCUT2D eigenvalue weighted by Crippen LogP contribution is 2.39. The standard InChI is InChI=1S/C20H23BrN2O6S/c1-11-7-14(19(26)22-10-20(2,27)12-3-4-12)18(25)15(8-11)23-30(28,29)17-9-13(21)5-6-16(17)24/h5-9,12,23-25,27H,3-4,10H2,1-2H3,(H,22,26). The summed E-state index contributed by atoms with van der Waals surface area (Å²) in [5, 5.41) is 33.4. The van der Waals surface area contributed by atoms with E-state index >= 15 is 0 Å². The van der Waals surface area contributed by atoms with Crippen molar-refractivity contribution in [2.75, 3.05) is 11.3 Å². The molecular formula is C20H23BrN2O6S. The maximum atomic E-state index is 12.7. The van der Waals surface area contributed by atoms with E-state index in [1.165, 1.54) is 30.3 Å². The van der Waals surface area contributed by atoms with Crippen LogP contribution in [0.15, 0.2) is 39.7 Å². The molecule has 1 unspecified atom stereocenters. The number of phenols is 2. The minimum Gasteiger partial charge on any atom is -0.507 e. The number of hydrogen-bond donors (Lipinski definition) is 5. The minimum absolute atomic E-state index is 0.0108. The highest BCUT2D eigenvalue weighted by molar-refractivity contribution is 9.10. The van der Waals surface area contributed by atoms with Crippen molar-refractivity contribution in [3.05, 3.63) is 45.9 Å². The number of phenolic OH excluding ortho intramolecular Hbond substituents is 2. The van der Waals surface area contributed by atoms with Gasteiger partial charge in [-0.05, 0) is 68.5 Å². The second-order valence-corrected chi connectivity index (χ2v) is 10.3. The van der Waals surface area contributed by atoms with Crippen molar-refractivity contribution < 1.29 is 28.5 Å². The first kappa shape index (κ1) is 22.4. The fourth-order valence-corrected chi connectivity index (χ4v) is 4.83. The second-order valence-electron chi connectivity index (χ2n) is 7.74. The molecular weight excluding hydrogens is 476 g/mol. The van der Waals surface area contributed by atoms with Crippen molar-refractivity contribution in [3.63, 3.8) is 0 Å². The van der Waals surface area contributed by atoms with Crippen LogP contribution in [-0.2, 0) is 10.0 Å². The third kappa shape index (κ3) is 4.88. The van der Waals surface area contributed by atoms with Crippen LogP contribution in [-0.4, -0.2) is 41.8 Å². The van der Waals surface area contributed by atoms with Gasteiger partial charge in [-0.1, -0.05) is 15.9 Å². The van der Waals surface area contributed by atoms with Crippen molar-refractivity contribution in [2.24, 2.45) is 5.92 Å². The Morgan fingerprint density at radius 1 is 1.23 bits per heavy atom. The monoisotopic (exact) mass is 498 g/mol. The largest absolute Gasteiger partial charge is 0.507 e. The molecule has 3 rings (SSSR count). The molecule has 5 N–H and O–H groups in total. The Morgan fingerprint density at radius 2 is 1.90 bits per heavy atom. The van der Waals surface area contributed by atoms with Crippen LogP contribution in [0.4, 0.5) is 5.69 Å². The number of rotatable bonds is 7. The Morgan fingerprint density at radius 3 is 2.53 bits per heavy atom. The Balaban J connectivity index is 1.87. The van der Waals surface area contributed by atoms with Gasteiger partial charge in [-0.2, -0.15) is 0 Å². The molecule has 162 valence electrons. The van der Waals surface area contributed by atoms with Crippen molar-refractivity contribution in [1.29, 1.82) is 0 Å². The summed E-state index contributed by atoms with van der Waals surface area (Å²) in [4.78, 5) is 12.2. The van der Waals surface area contributed by atoms with Gasteiger partial charge < -0.3 is 20.6 Å². The normalized spacial score (nSPS) is 16.0. The number of aliphatic hydroxyl groups is 1. The number of halogens is 1. The lowest BCUT2D eigenvalue weighted by Crippen LogP contribution is -2.42. The van der Waals surface area contributed by atoms with Gasteiger partial charge in [0.25, 0.3) is 15.9 Å². The smallest absolute Gasteiger partial charge is 0.265 e. The molecule has 0 saturated heterocycles. The first-order valence-corrected chi connectivity index (χ1v) is 11.5. The average Bonchev–Trinajstić information content (AvgIpc) is 3.50. The molecule has 8 nitrogen and oxygen atoms in total. The quantitative estimate of drug-likeness (QED) is 0.372. The molecule has 0 heterocycles. The van der Waals surface area contributed by atoms with E-state index in [1.54, 1.807) is 13.8 Å². The lowest BCUT2D eigenvalue weighted by molar-refractivity contribution is 0.0354. The van der Waals surface area contributed by atoms with Gasteiger partial charge >= 0.3 is 0 Å². The van der Waals surface area contributed by atoms with Crippen LogP contribution < -0.4 is 10.0 Å². The molecule has 1 fully saturated rings. The van der Waals surface area contributed by atoms with Crippen LogP contribution in [0, 0.1) is 12.8 Å². The first-order valence-electron chi connectivity index (χ1n) is 9.26. The van der Waals surface area contributed by atoms with Gasteiger partial charge in [-0.3, -0.25) is 9.52 Å². The number of hydrogen-bond acceptors (Lipinski definition) is 6. The topological polar surface area (TPSA) is 136 Å². The summed E-state index contributed by atoms with van der Waals surface area (Å²) in [6.45, 7) is 3.30. The zero-order valence-corrected chi connectivity index (χ0v) is 18.8. The molecule has 1 aliphatic rings. The van der Waals surface area contributed by atoms with E-state index in [4.69, 9.17) is 0 Å². The molecule has 30 heavy (non-hydrogen) atoms. The van der Waals surface area contributed by atoms with Crippen molar-refractivity contribution in [2.45, 2.75) is 37.2 Å². The fraction of sp³-hybridized carbons (Fsp3) is 0.350. The molecule has 0 aromatic heterocycles. The number of anilines is 1. The maximum absolute atomic E-state index is 12.7. The predicted octanol–water partition coefficient (Wildman–Crippen LogP) is 2.86. The van der Waals surface area contributed by atoms with Crippen molar-refractivity contribution in [1.82, 2.24) is 5.32 Å². The fourth-order valence-electron chi connectivity index (χ4n) is 3.14. The van der Waals surface area contributed by atoms with E-state index in [-0.39, 0.29) is 28.6 Å². The Labute approximate surface area is 183 Å². The molecule has 0 spiro atoms. The summed E-state index contributed by atoms with van der Waals surface area (Å²) in [5.41, 5.74) is -0.841. The van der Waals surface area contributed by atoms with E-state index in [2.05, 4.69) is 26.0 Å². The summed E-state index contributed by atoms with van der Waals surface area (Å²) < 4.78 is 28.1. The van der Waals surface area contributed by atoms with Gasteiger partial charge in [0, 0.05) is 11.0 Å². The number of aromatic hydroxyl groups is 2. The molecule has 2 aromatic carbocycles. The lowest BCUT2D eigenvalue weighted by atomic mass is 10.0. The van der Waals surface area contributed by atoms with Gasteiger partial charge in [-0.15, -0.1) is 0 Å². The molecule has 0 aliphatic heterocycles. The minimum atomic E-state index is -4.25. The number of carbonyl (C=O) groups excluding carboxylic acids is 1. The van der Waals surface area contributed by atoms with Gasteiger partial charge in [0.1, 0.15) is 10.6 Å². The average molecular weight is 499 g/mol. The molecule has 0 bridgehead atoms. The van der Waals surface area contributed by atoms with Gasteiger partial charge in [-0.25, -0.2) is 8.42 Å². The Hall–Kier alpha value is -2.30. The highest BCUT2D eigenvalue weighted by atomic mass is 79.9. The summed E-state index contributed by atoms with van der Waals surface area (Å²) >= 11 is 3.15. The Bertz CT molecular complexity index is 1100. The van der Waals surface area contributed by atoms with E-state index in [1.807, 2.05) is 0 Å². The number of amides is 1. The number of aryl methyl sites for hydroxylation is 1. The molecule has 10 heteroatoms. The number of nitrogens with one attached hydrogen (secondary N) is 2. The van der Waals surface area contributed by atoms with Crippen LogP contribution in [0.25, 0.3) is 0 Å². The van der Waals surface area contributed by atoms with Gasteiger partial charge in [0.2, 0.25) is 0 Å².